The van der Waals surface area contributed by atoms with Crippen molar-refractivity contribution >= 4 is 22.1 Å². The molecule has 0 N–H and O–H groups in total. The fourth-order valence-electron chi connectivity index (χ4n) is 2.05. The van der Waals surface area contributed by atoms with Gasteiger partial charge in [0, 0.05) is 10.9 Å². The van der Waals surface area contributed by atoms with Gasteiger partial charge in [-0.3, -0.25) is 0 Å². The van der Waals surface area contributed by atoms with Crippen LogP contribution < -0.4 is 0 Å². The molecule has 1 atom stereocenters. The van der Waals surface area contributed by atoms with Crippen LogP contribution in [-0.2, 0) is 20.6 Å². The van der Waals surface area contributed by atoms with Crippen molar-refractivity contribution in [2.75, 3.05) is 13.2 Å². The van der Waals surface area contributed by atoms with E-state index in [-0.39, 0.29) is 0 Å². The van der Waals surface area contributed by atoms with Crippen molar-refractivity contribution in [3.05, 3.63) is 34.3 Å². The van der Waals surface area contributed by atoms with Crippen LogP contribution in [0, 0.1) is 0 Å². The third-order valence-corrected chi connectivity index (χ3v) is 3.65. The van der Waals surface area contributed by atoms with Gasteiger partial charge in [-0.1, -0.05) is 28.1 Å². The third kappa shape index (κ3) is 4.80. The maximum Gasteiger partial charge on any atom is 0.510 e. The molecule has 0 saturated carbocycles. The maximum absolute atomic E-state index is 11.3. The summed E-state index contributed by atoms with van der Waals surface area (Å²) in [4.78, 5) is 11.3. The molecule has 1 aliphatic heterocycles. The second-order valence-electron chi connectivity index (χ2n) is 4.82. The summed E-state index contributed by atoms with van der Waals surface area (Å²) in [5, 5.41) is 0. The van der Waals surface area contributed by atoms with Crippen LogP contribution in [0.4, 0.5) is 4.79 Å². The van der Waals surface area contributed by atoms with Crippen LogP contribution >= 0.6 is 15.9 Å². The van der Waals surface area contributed by atoms with Crippen LogP contribution in [-0.4, -0.2) is 25.2 Å². The normalized spacial score (nSPS) is 20.5. The zero-order valence-electron chi connectivity index (χ0n) is 11.6. The largest absolute Gasteiger partial charge is 0.510 e. The molecular formula is C15H19BrO4. The lowest BCUT2D eigenvalue weighted by molar-refractivity contribution is -0.0380. The van der Waals surface area contributed by atoms with Gasteiger partial charge in [-0.2, -0.15) is 0 Å². The number of epoxide rings is 1. The molecule has 0 bridgehead atoms. The van der Waals surface area contributed by atoms with E-state index >= 15 is 0 Å². The third-order valence-electron chi connectivity index (χ3n) is 3.16. The molecular weight excluding hydrogens is 324 g/mol. The zero-order valence-corrected chi connectivity index (χ0v) is 13.1. The van der Waals surface area contributed by atoms with E-state index in [1.54, 1.807) is 6.92 Å². The lowest BCUT2D eigenvalue weighted by Gasteiger charge is -2.12. The predicted octanol–water partition coefficient (Wildman–Crippen LogP) is 4.06. The summed E-state index contributed by atoms with van der Waals surface area (Å²) in [6, 6.07) is 8.29. The molecule has 1 aliphatic rings. The number of hydrogen-bond acceptors (Lipinski definition) is 4. The van der Waals surface area contributed by atoms with Crippen molar-refractivity contribution in [2.24, 2.45) is 0 Å². The summed E-state index contributed by atoms with van der Waals surface area (Å²) in [5.74, 6) is -0.719. The second kappa shape index (κ2) is 7.09. The highest BCUT2D eigenvalue weighted by molar-refractivity contribution is 9.10. The molecule has 4 nitrogen and oxygen atoms in total. The lowest BCUT2D eigenvalue weighted by Crippen LogP contribution is -2.22. The van der Waals surface area contributed by atoms with E-state index in [9.17, 15) is 4.79 Å². The Hall–Kier alpha value is -1.07. The molecule has 1 aromatic carbocycles. The first kappa shape index (κ1) is 15.3. The Morgan fingerprint density at radius 3 is 2.90 bits per heavy atom. The van der Waals surface area contributed by atoms with E-state index in [1.807, 2.05) is 12.1 Å². The highest BCUT2D eigenvalue weighted by atomic mass is 79.9. The Bertz CT molecular complexity index is 457. The molecule has 2 rings (SSSR count). The molecule has 5 heteroatoms. The standard InChI is InChI=1S/C15H19BrO4/c1-2-18-14(17)20-15(11-19-15)9-4-3-6-12-7-5-8-13(16)10-12/h5,7-8,10H,2-4,6,9,11H2,1H3. The van der Waals surface area contributed by atoms with E-state index < -0.39 is 11.9 Å². The average Bonchev–Trinajstić information content (AvgIpc) is 3.15. The molecule has 0 radical (unpaired) electrons. The van der Waals surface area contributed by atoms with Gasteiger partial charge < -0.3 is 14.2 Å². The number of unbranched alkanes of at least 4 members (excludes halogenated alkanes) is 1. The van der Waals surface area contributed by atoms with E-state index in [4.69, 9.17) is 14.2 Å². The topological polar surface area (TPSA) is 48.1 Å². The van der Waals surface area contributed by atoms with Crippen molar-refractivity contribution in [3.63, 3.8) is 0 Å². The van der Waals surface area contributed by atoms with E-state index in [0.717, 1.165) is 30.2 Å². The van der Waals surface area contributed by atoms with Crippen LogP contribution in [0.2, 0.25) is 0 Å². The fourth-order valence-corrected chi connectivity index (χ4v) is 2.50. The number of rotatable bonds is 7. The highest BCUT2D eigenvalue weighted by Crippen LogP contribution is 2.34. The van der Waals surface area contributed by atoms with Crippen molar-refractivity contribution in [2.45, 2.75) is 38.4 Å². The molecule has 1 heterocycles. The van der Waals surface area contributed by atoms with Gasteiger partial charge in [0.2, 0.25) is 5.79 Å². The number of ether oxygens (including phenoxy) is 3. The van der Waals surface area contributed by atoms with Gasteiger partial charge in [-0.05, 0) is 43.9 Å². The number of carbonyl (C=O) groups excluding carboxylic acids is 1. The minimum Gasteiger partial charge on any atom is -0.435 e. The van der Waals surface area contributed by atoms with Crippen LogP contribution in [0.3, 0.4) is 0 Å². The Labute approximate surface area is 127 Å². The Kier molecular flexibility index (Phi) is 5.43. The van der Waals surface area contributed by atoms with Crippen LogP contribution in [0.25, 0.3) is 0 Å². The first-order valence-corrected chi connectivity index (χ1v) is 7.67. The van der Waals surface area contributed by atoms with E-state index in [1.165, 1.54) is 5.56 Å². The SMILES string of the molecule is CCOC(=O)OC1(CCCCc2cccc(Br)c2)CO1. The lowest BCUT2D eigenvalue weighted by atomic mass is 10.1. The average molecular weight is 343 g/mol. The molecule has 0 spiro atoms. The molecule has 0 aliphatic carbocycles. The number of hydrogen-bond donors (Lipinski definition) is 0. The summed E-state index contributed by atoms with van der Waals surface area (Å²) in [6.45, 7) is 2.54. The van der Waals surface area contributed by atoms with Crippen LogP contribution in [0.1, 0.15) is 31.7 Å². The summed E-state index contributed by atoms with van der Waals surface area (Å²) < 4.78 is 16.3. The summed E-state index contributed by atoms with van der Waals surface area (Å²) in [6.07, 6.45) is 3.08. The monoisotopic (exact) mass is 342 g/mol. The van der Waals surface area contributed by atoms with Gasteiger partial charge in [-0.15, -0.1) is 0 Å². The summed E-state index contributed by atoms with van der Waals surface area (Å²) in [7, 11) is 0. The van der Waals surface area contributed by atoms with Gasteiger partial charge in [0.1, 0.15) is 6.61 Å². The van der Waals surface area contributed by atoms with Crippen molar-refractivity contribution < 1.29 is 19.0 Å². The Morgan fingerprint density at radius 1 is 1.45 bits per heavy atom. The highest BCUT2D eigenvalue weighted by Gasteiger charge is 2.49. The first-order chi connectivity index (χ1) is 9.63. The van der Waals surface area contributed by atoms with E-state index in [0.29, 0.717) is 13.2 Å². The molecule has 1 unspecified atom stereocenters. The molecule has 1 fully saturated rings. The Morgan fingerprint density at radius 2 is 2.25 bits per heavy atom. The number of halogens is 1. The number of carbonyl (C=O) groups is 1. The molecule has 1 saturated heterocycles. The van der Waals surface area contributed by atoms with Crippen molar-refractivity contribution in [1.82, 2.24) is 0 Å². The fraction of sp³-hybridized carbons (Fsp3) is 0.533. The molecule has 110 valence electrons. The molecule has 0 aromatic heterocycles. The van der Waals surface area contributed by atoms with Gasteiger partial charge in [-0.25, -0.2) is 4.79 Å². The second-order valence-corrected chi connectivity index (χ2v) is 5.74. The van der Waals surface area contributed by atoms with Crippen LogP contribution in [0.15, 0.2) is 28.7 Å². The van der Waals surface area contributed by atoms with Gasteiger partial charge >= 0.3 is 6.16 Å². The van der Waals surface area contributed by atoms with Crippen molar-refractivity contribution in [3.8, 4) is 0 Å². The zero-order chi connectivity index (χ0) is 14.4. The van der Waals surface area contributed by atoms with Crippen LogP contribution in [0.5, 0.6) is 0 Å². The van der Waals surface area contributed by atoms with Gasteiger partial charge in [0.05, 0.1) is 6.61 Å². The Balaban J connectivity index is 1.67. The smallest absolute Gasteiger partial charge is 0.435 e. The van der Waals surface area contributed by atoms with Gasteiger partial charge in [0.25, 0.3) is 0 Å². The summed E-state index contributed by atoms with van der Waals surface area (Å²) >= 11 is 3.46. The molecule has 20 heavy (non-hydrogen) atoms. The quantitative estimate of drug-likeness (QED) is 0.426. The predicted molar refractivity (Wildman–Crippen MR) is 78.5 cm³/mol. The molecule has 1 aromatic rings. The van der Waals surface area contributed by atoms with Gasteiger partial charge in [0.15, 0.2) is 0 Å². The number of benzene rings is 1. The minimum absolute atomic E-state index is 0.317. The number of aryl methyl sites for hydroxylation is 1. The minimum atomic E-state index is -0.719. The molecule has 0 amide bonds. The summed E-state index contributed by atoms with van der Waals surface area (Å²) in [5.41, 5.74) is 1.30. The van der Waals surface area contributed by atoms with Crippen molar-refractivity contribution in [1.29, 1.82) is 0 Å². The first-order valence-electron chi connectivity index (χ1n) is 6.88. The van der Waals surface area contributed by atoms with E-state index in [2.05, 4.69) is 28.1 Å². The maximum atomic E-state index is 11.3.